The maximum Gasteiger partial charge on any atom is 0.338 e. The van der Waals surface area contributed by atoms with Crippen LogP contribution < -0.4 is 5.32 Å². The highest BCUT2D eigenvalue weighted by molar-refractivity contribution is 7.90. The fraction of sp³-hybridized carbons (Fsp3) is 0.125. The normalized spacial score (nSPS) is 10.8. The molecule has 0 fully saturated rings. The van der Waals surface area contributed by atoms with E-state index < -0.39 is 33.2 Å². The smallest absolute Gasteiger partial charge is 0.338 e. The number of nitrogens with zero attached hydrogens (tertiary/aromatic N) is 1. The summed E-state index contributed by atoms with van der Waals surface area (Å²) in [7, 11) is -3.48. The van der Waals surface area contributed by atoms with Crippen LogP contribution in [0.5, 0.6) is 0 Å². The molecule has 1 amide bonds. The zero-order valence-corrected chi connectivity index (χ0v) is 14.4. The van der Waals surface area contributed by atoms with Crippen molar-refractivity contribution in [3.05, 3.63) is 64.2 Å². The van der Waals surface area contributed by atoms with Crippen molar-refractivity contribution < 1.29 is 27.7 Å². The Kier molecular flexibility index (Phi) is 5.68. The molecule has 2 aromatic rings. The van der Waals surface area contributed by atoms with Crippen molar-refractivity contribution in [2.45, 2.75) is 4.90 Å². The molecule has 26 heavy (non-hydrogen) atoms. The van der Waals surface area contributed by atoms with Crippen molar-refractivity contribution in [3.63, 3.8) is 0 Å². The van der Waals surface area contributed by atoms with Gasteiger partial charge in [-0.05, 0) is 24.3 Å². The molecule has 0 aromatic heterocycles. The van der Waals surface area contributed by atoms with Crippen LogP contribution in [0.2, 0.25) is 0 Å². The highest BCUT2D eigenvalue weighted by atomic mass is 32.2. The largest absolute Gasteiger partial charge is 0.452 e. The summed E-state index contributed by atoms with van der Waals surface area (Å²) in [6.07, 6.45) is 1.00. The fourth-order valence-electron chi connectivity index (χ4n) is 1.96. The van der Waals surface area contributed by atoms with Crippen LogP contribution in [-0.2, 0) is 19.4 Å². The Bertz CT molecular complexity index is 970. The minimum Gasteiger partial charge on any atom is -0.452 e. The van der Waals surface area contributed by atoms with E-state index in [9.17, 15) is 28.1 Å². The number of sulfone groups is 1. The van der Waals surface area contributed by atoms with Crippen LogP contribution >= 0.6 is 0 Å². The highest BCUT2D eigenvalue weighted by Gasteiger charge is 2.14. The van der Waals surface area contributed by atoms with Gasteiger partial charge >= 0.3 is 5.97 Å². The molecule has 2 rings (SSSR count). The summed E-state index contributed by atoms with van der Waals surface area (Å²) in [5, 5.41) is 13.1. The van der Waals surface area contributed by atoms with Crippen molar-refractivity contribution in [2.75, 3.05) is 18.2 Å². The Hall–Kier alpha value is -3.27. The molecule has 0 aliphatic heterocycles. The van der Waals surface area contributed by atoms with E-state index in [0.29, 0.717) is 0 Å². The maximum absolute atomic E-state index is 11.9. The molecule has 0 atom stereocenters. The van der Waals surface area contributed by atoms with Crippen LogP contribution in [0.25, 0.3) is 0 Å². The lowest BCUT2D eigenvalue weighted by molar-refractivity contribution is -0.384. The SMILES string of the molecule is CS(=O)(=O)c1cccc(C(=O)OCC(=O)Nc2cccc([N+](=O)[O-])c2)c1. The second-order valence-electron chi connectivity index (χ2n) is 5.23. The van der Waals surface area contributed by atoms with Crippen molar-refractivity contribution in [1.29, 1.82) is 0 Å². The third kappa shape index (κ3) is 5.11. The number of carbonyl (C=O) groups is 2. The Morgan fingerprint density at radius 3 is 2.50 bits per heavy atom. The molecule has 2 aromatic carbocycles. The molecule has 0 heterocycles. The fourth-order valence-corrected chi connectivity index (χ4v) is 2.63. The third-order valence-corrected chi connectivity index (χ3v) is 4.28. The molecular weight excluding hydrogens is 364 g/mol. The number of carbonyl (C=O) groups excluding carboxylic acids is 2. The average Bonchev–Trinajstić information content (AvgIpc) is 2.59. The van der Waals surface area contributed by atoms with E-state index in [4.69, 9.17) is 4.74 Å². The predicted molar refractivity (Wildman–Crippen MR) is 91.6 cm³/mol. The first kappa shape index (κ1) is 19.1. The summed E-state index contributed by atoms with van der Waals surface area (Å²) in [6.45, 7) is -0.634. The maximum atomic E-state index is 11.9. The van der Waals surface area contributed by atoms with Crippen LogP contribution in [0.4, 0.5) is 11.4 Å². The third-order valence-electron chi connectivity index (χ3n) is 3.17. The summed E-state index contributed by atoms with van der Waals surface area (Å²) in [6, 6.07) is 10.5. The lowest BCUT2D eigenvalue weighted by Gasteiger charge is -2.07. The van der Waals surface area contributed by atoms with Crippen molar-refractivity contribution >= 4 is 33.1 Å². The molecule has 0 unspecified atom stereocenters. The van der Waals surface area contributed by atoms with Gasteiger partial charge in [0.1, 0.15) is 0 Å². The molecule has 10 heteroatoms. The van der Waals surface area contributed by atoms with E-state index in [1.54, 1.807) is 0 Å². The van der Waals surface area contributed by atoms with E-state index in [1.165, 1.54) is 36.4 Å². The first-order chi connectivity index (χ1) is 12.2. The Morgan fingerprint density at radius 2 is 1.85 bits per heavy atom. The Balaban J connectivity index is 1.98. The summed E-state index contributed by atoms with van der Waals surface area (Å²) >= 11 is 0. The van der Waals surface area contributed by atoms with Crippen molar-refractivity contribution in [3.8, 4) is 0 Å². The van der Waals surface area contributed by atoms with Gasteiger partial charge in [-0.1, -0.05) is 12.1 Å². The van der Waals surface area contributed by atoms with Crippen molar-refractivity contribution in [2.24, 2.45) is 0 Å². The first-order valence-corrected chi connectivity index (χ1v) is 9.07. The van der Waals surface area contributed by atoms with Crippen LogP contribution in [0, 0.1) is 10.1 Å². The van der Waals surface area contributed by atoms with Gasteiger partial charge in [-0.15, -0.1) is 0 Å². The molecule has 0 spiro atoms. The summed E-state index contributed by atoms with van der Waals surface area (Å²) in [5.74, 6) is -1.57. The lowest BCUT2D eigenvalue weighted by atomic mass is 10.2. The van der Waals surface area contributed by atoms with Gasteiger partial charge < -0.3 is 10.1 Å². The van der Waals surface area contributed by atoms with E-state index in [-0.39, 0.29) is 21.8 Å². The van der Waals surface area contributed by atoms with Gasteiger partial charge in [0.25, 0.3) is 11.6 Å². The number of rotatable bonds is 6. The molecule has 0 bridgehead atoms. The molecule has 1 N–H and O–H groups in total. The number of nitro groups is 1. The number of nitro benzene ring substituents is 1. The van der Waals surface area contributed by atoms with Gasteiger partial charge in [-0.2, -0.15) is 0 Å². The van der Waals surface area contributed by atoms with Gasteiger partial charge in [0, 0.05) is 24.1 Å². The van der Waals surface area contributed by atoms with Crippen molar-refractivity contribution in [1.82, 2.24) is 0 Å². The molecule has 0 aliphatic rings. The van der Waals surface area contributed by atoms with Gasteiger partial charge in [-0.25, -0.2) is 13.2 Å². The standard InChI is InChI=1S/C16H14N2O7S/c1-26(23,24)14-7-2-4-11(8-14)16(20)25-10-15(19)17-12-5-3-6-13(9-12)18(21)22/h2-9H,10H2,1H3,(H,17,19). The van der Waals surface area contributed by atoms with Crippen LogP contribution in [-0.4, -0.2) is 38.1 Å². The quantitative estimate of drug-likeness (QED) is 0.460. The van der Waals surface area contributed by atoms with Crippen LogP contribution in [0.1, 0.15) is 10.4 Å². The molecule has 0 aliphatic carbocycles. The van der Waals surface area contributed by atoms with E-state index in [0.717, 1.165) is 18.4 Å². The number of non-ortho nitro benzene ring substituents is 1. The zero-order valence-electron chi connectivity index (χ0n) is 13.5. The molecular formula is C16H14N2O7S. The van der Waals surface area contributed by atoms with Crippen LogP contribution in [0.3, 0.4) is 0 Å². The number of ether oxygens (including phenoxy) is 1. The number of amides is 1. The predicted octanol–water partition coefficient (Wildman–Crippen LogP) is 1.79. The highest BCUT2D eigenvalue weighted by Crippen LogP contribution is 2.17. The van der Waals surface area contributed by atoms with E-state index >= 15 is 0 Å². The number of nitrogens with one attached hydrogen (secondary N) is 1. The number of benzene rings is 2. The van der Waals surface area contributed by atoms with Gasteiger partial charge in [0.2, 0.25) is 0 Å². The Morgan fingerprint density at radius 1 is 1.15 bits per heavy atom. The number of hydrogen-bond donors (Lipinski definition) is 1. The average molecular weight is 378 g/mol. The minimum atomic E-state index is -3.48. The molecule has 0 radical (unpaired) electrons. The monoisotopic (exact) mass is 378 g/mol. The number of esters is 1. The van der Waals surface area contributed by atoms with Gasteiger partial charge in [0.05, 0.1) is 15.4 Å². The second kappa shape index (κ2) is 7.74. The molecule has 136 valence electrons. The molecule has 0 saturated heterocycles. The molecule has 9 nitrogen and oxygen atoms in total. The minimum absolute atomic E-state index is 0.0175. The molecule has 0 saturated carbocycles. The Labute approximate surface area is 148 Å². The van der Waals surface area contributed by atoms with E-state index in [2.05, 4.69) is 5.32 Å². The number of anilines is 1. The lowest BCUT2D eigenvalue weighted by Crippen LogP contribution is -2.21. The second-order valence-corrected chi connectivity index (χ2v) is 7.25. The van der Waals surface area contributed by atoms with Crippen LogP contribution in [0.15, 0.2) is 53.4 Å². The van der Waals surface area contributed by atoms with Gasteiger partial charge in [0.15, 0.2) is 16.4 Å². The first-order valence-electron chi connectivity index (χ1n) is 7.18. The number of hydrogen-bond acceptors (Lipinski definition) is 7. The summed E-state index contributed by atoms with van der Waals surface area (Å²) in [4.78, 5) is 33.8. The van der Waals surface area contributed by atoms with E-state index in [1.807, 2.05) is 0 Å². The van der Waals surface area contributed by atoms with Gasteiger partial charge in [-0.3, -0.25) is 14.9 Å². The summed E-state index contributed by atoms with van der Waals surface area (Å²) < 4.78 is 27.8. The zero-order chi connectivity index (χ0) is 19.3. The summed E-state index contributed by atoms with van der Waals surface area (Å²) in [5.41, 5.74) is -0.0345. The topological polar surface area (TPSA) is 133 Å².